The molecule has 0 saturated heterocycles. The number of nitrogens with zero attached hydrogens (tertiary/aromatic N) is 2. The van der Waals surface area contributed by atoms with Crippen LogP contribution in [0.25, 0.3) is 5.65 Å². The molecule has 0 aliphatic carbocycles. The van der Waals surface area contributed by atoms with Gasteiger partial charge in [0.1, 0.15) is 5.65 Å². The van der Waals surface area contributed by atoms with E-state index >= 15 is 0 Å². The summed E-state index contributed by atoms with van der Waals surface area (Å²) >= 11 is 3.28. The van der Waals surface area contributed by atoms with Crippen molar-refractivity contribution in [2.24, 2.45) is 0 Å². The summed E-state index contributed by atoms with van der Waals surface area (Å²) in [6, 6.07) is 16.6. The number of aromatic nitrogens is 2. The molecule has 0 atom stereocenters. The number of carbonyl (C=O) groups excluding carboxylic acids is 1. The molecule has 0 radical (unpaired) electrons. The Kier molecular flexibility index (Phi) is 5.79. The van der Waals surface area contributed by atoms with Crippen LogP contribution >= 0.6 is 15.9 Å². The van der Waals surface area contributed by atoms with Crippen LogP contribution in [0.4, 0.5) is 5.69 Å². The lowest BCUT2D eigenvalue weighted by Gasteiger charge is -2.10. The van der Waals surface area contributed by atoms with E-state index < -0.39 is 10.0 Å². The number of halogens is 1. The van der Waals surface area contributed by atoms with Crippen LogP contribution in [0.1, 0.15) is 21.6 Å². The third-order valence-electron chi connectivity index (χ3n) is 4.60. The average Bonchev–Trinajstić information content (AvgIpc) is 3.14. The predicted octanol–water partition coefficient (Wildman–Crippen LogP) is 4.14. The molecule has 2 heterocycles. The third-order valence-corrected chi connectivity index (χ3v) is 6.52. The van der Waals surface area contributed by atoms with E-state index in [1.54, 1.807) is 30.3 Å². The van der Waals surface area contributed by atoms with Gasteiger partial charge >= 0.3 is 0 Å². The zero-order chi connectivity index (χ0) is 22.0. The van der Waals surface area contributed by atoms with Gasteiger partial charge in [0, 0.05) is 28.1 Å². The molecule has 0 fully saturated rings. The minimum Gasteiger partial charge on any atom is -0.346 e. The second-order valence-electron chi connectivity index (χ2n) is 7.02. The van der Waals surface area contributed by atoms with Crippen molar-refractivity contribution in [1.82, 2.24) is 14.7 Å². The summed E-state index contributed by atoms with van der Waals surface area (Å²) in [7, 11) is -3.76. The molecule has 0 bridgehead atoms. The summed E-state index contributed by atoms with van der Waals surface area (Å²) in [6.07, 6.45) is 3.78. The van der Waals surface area contributed by atoms with Crippen LogP contribution in [0.15, 0.2) is 82.4 Å². The summed E-state index contributed by atoms with van der Waals surface area (Å²) < 4.78 is 30.3. The van der Waals surface area contributed by atoms with E-state index in [9.17, 15) is 13.2 Å². The van der Waals surface area contributed by atoms with Crippen molar-refractivity contribution in [2.45, 2.75) is 18.4 Å². The lowest BCUT2D eigenvalue weighted by Crippen LogP contribution is -2.23. The minimum absolute atomic E-state index is 0.132. The molecule has 158 valence electrons. The number of fused-ring (bicyclic) bond motifs is 1. The summed E-state index contributed by atoms with van der Waals surface area (Å²) in [5.41, 5.74) is 3.30. The van der Waals surface area contributed by atoms with Crippen LogP contribution in [0, 0.1) is 6.92 Å². The standard InChI is InChI=1S/C22H19BrN4O3S/c1-15-9-10-27-14-19(25-21(27)11-15)13-24-22(28)16-3-2-4-18(12-16)26-31(29,30)20-7-5-17(23)6-8-20/h2-12,14,26H,13H2,1H3,(H,24,28). The molecule has 7 nitrogen and oxygen atoms in total. The number of nitrogens with one attached hydrogen (secondary N) is 2. The fraction of sp³-hybridized carbons (Fsp3) is 0.0909. The van der Waals surface area contributed by atoms with E-state index in [1.807, 2.05) is 35.9 Å². The number of imidazole rings is 1. The Morgan fingerprint density at radius 2 is 1.87 bits per heavy atom. The summed E-state index contributed by atoms with van der Waals surface area (Å²) in [5.74, 6) is -0.321. The number of hydrogen-bond donors (Lipinski definition) is 2. The van der Waals surface area contributed by atoms with Gasteiger partial charge in [0.2, 0.25) is 0 Å². The molecule has 4 rings (SSSR count). The summed E-state index contributed by atoms with van der Waals surface area (Å²) in [4.78, 5) is 17.2. The molecule has 0 unspecified atom stereocenters. The monoisotopic (exact) mass is 498 g/mol. The molecule has 1 amide bonds. The van der Waals surface area contributed by atoms with E-state index in [0.29, 0.717) is 11.3 Å². The lowest BCUT2D eigenvalue weighted by molar-refractivity contribution is 0.0950. The highest BCUT2D eigenvalue weighted by atomic mass is 79.9. The Labute approximate surface area is 188 Å². The highest BCUT2D eigenvalue weighted by Crippen LogP contribution is 2.19. The molecule has 4 aromatic rings. The zero-order valence-electron chi connectivity index (χ0n) is 16.5. The Morgan fingerprint density at radius 1 is 1.10 bits per heavy atom. The van der Waals surface area contributed by atoms with Crippen LogP contribution in [0.3, 0.4) is 0 Å². The number of sulfonamides is 1. The number of benzene rings is 2. The van der Waals surface area contributed by atoms with Crippen molar-refractivity contribution in [2.75, 3.05) is 4.72 Å². The van der Waals surface area contributed by atoms with Crippen LogP contribution in [0.5, 0.6) is 0 Å². The van der Waals surface area contributed by atoms with Gasteiger partial charge in [-0.2, -0.15) is 0 Å². The van der Waals surface area contributed by atoms with E-state index in [0.717, 1.165) is 21.4 Å². The molecule has 9 heteroatoms. The van der Waals surface area contributed by atoms with E-state index in [2.05, 4.69) is 31.0 Å². The molecular formula is C22H19BrN4O3S. The zero-order valence-corrected chi connectivity index (χ0v) is 18.9. The van der Waals surface area contributed by atoms with Crippen molar-refractivity contribution in [3.63, 3.8) is 0 Å². The molecule has 2 N–H and O–H groups in total. The van der Waals surface area contributed by atoms with Crippen molar-refractivity contribution in [3.05, 3.63) is 94.4 Å². The Balaban J connectivity index is 1.45. The van der Waals surface area contributed by atoms with Gasteiger partial charge in [0.05, 0.1) is 17.1 Å². The summed E-state index contributed by atoms with van der Waals surface area (Å²) in [6.45, 7) is 2.25. The SMILES string of the molecule is Cc1ccn2cc(CNC(=O)c3cccc(NS(=O)(=O)c4ccc(Br)cc4)c3)nc2c1. The lowest BCUT2D eigenvalue weighted by atomic mass is 10.2. The Bertz CT molecular complexity index is 1370. The van der Waals surface area contributed by atoms with E-state index in [-0.39, 0.29) is 17.3 Å². The van der Waals surface area contributed by atoms with Crippen LogP contribution < -0.4 is 10.0 Å². The van der Waals surface area contributed by atoms with Gasteiger partial charge in [-0.15, -0.1) is 0 Å². The first-order chi connectivity index (χ1) is 14.8. The van der Waals surface area contributed by atoms with Crippen LogP contribution in [0.2, 0.25) is 0 Å². The smallest absolute Gasteiger partial charge is 0.261 e. The average molecular weight is 499 g/mol. The Hall–Kier alpha value is -3.17. The molecule has 2 aromatic heterocycles. The second kappa shape index (κ2) is 8.52. The van der Waals surface area contributed by atoms with Gasteiger partial charge in [-0.05, 0) is 67.1 Å². The number of aryl methyl sites for hydroxylation is 1. The van der Waals surface area contributed by atoms with Crippen molar-refractivity contribution >= 4 is 43.2 Å². The highest BCUT2D eigenvalue weighted by Gasteiger charge is 2.15. The first-order valence-electron chi connectivity index (χ1n) is 9.41. The maximum atomic E-state index is 12.6. The maximum absolute atomic E-state index is 12.6. The van der Waals surface area contributed by atoms with Crippen molar-refractivity contribution in [3.8, 4) is 0 Å². The second-order valence-corrected chi connectivity index (χ2v) is 9.62. The quantitative estimate of drug-likeness (QED) is 0.417. The van der Waals surface area contributed by atoms with Crippen LogP contribution in [-0.2, 0) is 16.6 Å². The van der Waals surface area contributed by atoms with E-state index in [4.69, 9.17) is 0 Å². The topological polar surface area (TPSA) is 92.6 Å². The van der Waals surface area contributed by atoms with Gasteiger partial charge < -0.3 is 9.72 Å². The molecule has 0 spiro atoms. The normalized spacial score (nSPS) is 11.4. The Morgan fingerprint density at radius 3 is 2.65 bits per heavy atom. The number of hydrogen-bond acceptors (Lipinski definition) is 4. The minimum atomic E-state index is -3.76. The molecule has 0 aliphatic rings. The van der Waals surface area contributed by atoms with Gasteiger partial charge in [0.25, 0.3) is 15.9 Å². The van der Waals surface area contributed by atoms with Crippen molar-refractivity contribution in [1.29, 1.82) is 0 Å². The van der Waals surface area contributed by atoms with Gasteiger partial charge in [0.15, 0.2) is 0 Å². The number of rotatable bonds is 6. The molecule has 0 aliphatic heterocycles. The van der Waals surface area contributed by atoms with Gasteiger partial charge in [-0.25, -0.2) is 13.4 Å². The largest absolute Gasteiger partial charge is 0.346 e. The fourth-order valence-electron chi connectivity index (χ4n) is 3.05. The number of amides is 1. The highest BCUT2D eigenvalue weighted by molar-refractivity contribution is 9.10. The maximum Gasteiger partial charge on any atom is 0.261 e. The van der Waals surface area contributed by atoms with Gasteiger partial charge in [-0.3, -0.25) is 9.52 Å². The third kappa shape index (κ3) is 4.95. The molecule has 0 saturated carbocycles. The van der Waals surface area contributed by atoms with Gasteiger partial charge in [-0.1, -0.05) is 22.0 Å². The first kappa shape index (κ1) is 21.1. The molecular weight excluding hydrogens is 480 g/mol. The fourth-order valence-corrected chi connectivity index (χ4v) is 4.36. The number of pyridine rings is 1. The van der Waals surface area contributed by atoms with E-state index in [1.165, 1.54) is 18.2 Å². The van der Waals surface area contributed by atoms with Crippen molar-refractivity contribution < 1.29 is 13.2 Å². The molecule has 2 aromatic carbocycles. The predicted molar refractivity (Wildman–Crippen MR) is 122 cm³/mol. The van der Waals surface area contributed by atoms with Crippen LogP contribution in [-0.4, -0.2) is 23.7 Å². The number of carbonyl (C=O) groups is 1. The molecule has 31 heavy (non-hydrogen) atoms. The summed E-state index contributed by atoms with van der Waals surface area (Å²) in [5, 5.41) is 2.82. The number of anilines is 1. The first-order valence-corrected chi connectivity index (χ1v) is 11.7.